The standard InChI is InChI=1S/C11H21OP/c1-3-5-10-8-13(6-4-2)9-11(10)7-12/h7,10-11H,3-6,8-9H2,1-2H3. The summed E-state index contributed by atoms with van der Waals surface area (Å²) in [6, 6.07) is 0. The van der Waals surface area contributed by atoms with Gasteiger partial charge < -0.3 is 4.79 Å². The molecule has 0 radical (unpaired) electrons. The third-order valence-corrected chi connectivity index (χ3v) is 5.94. The summed E-state index contributed by atoms with van der Waals surface area (Å²) in [7, 11) is 0.228. The molecular formula is C11H21OP. The summed E-state index contributed by atoms with van der Waals surface area (Å²) in [5.41, 5.74) is 0. The SMILES string of the molecule is CCCC1CP(CCC)CC1C=O. The van der Waals surface area contributed by atoms with Crippen molar-refractivity contribution in [2.45, 2.75) is 33.1 Å². The second kappa shape index (κ2) is 5.75. The van der Waals surface area contributed by atoms with Crippen LogP contribution in [0, 0.1) is 11.8 Å². The monoisotopic (exact) mass is 200 g/mol. The van der Waals surface area contributed by atoms with E-state index in [4.69, 9.17) is 0 Å². The van der Waals surface area contributed by atoms with Crippen LogP contribution in [-0.2, 0) is 4.79 Å². The van der Waals surface area contributed by atoms with E-state index in [1.54, 1.807) is 0 Å². The minimum absolute atomic E-state index is 0.228. The van der Waals surface area contributed by atoms with Crippen molar-refractivity contribution in [1.82, 2.24) is 0 Å². The van der Waals surface area contributed by atoms with Crippen LogP contribution in [0.2, 0.25) is 0 Å². The Hall–Kier alpha value is 0.100. The predicted molar refractivity (Wildman–Crippen MR) is 59.8 cm³/mol. The Morgan fingerprint density at radius 1 is 1.31 bits per heavy atom. The lowest BCUT2D eigenvalue weighted by molar-refractivity contribution is -0.111. The lowest BCUT2D eigenvalue weighted by Crippen LogP contribution is -2.12. The van der Waals surface area contributed by atoms with E-state index in [0.717, 1.165) is 5.92 Å². The van der Waals surface area contributed by atoms with E-state index in [2.05, 4.69) is 13.8 Å². The first kappa shape index (κ1) is 11.2. The summed E-state index contributed by atoms with van der Waals surface area (Å²) in [5, 5.41) is 0. The highest BCUT2D eigenvalue weighted by Crippen LogP contribution is 2.50. The van der Waals surface area contributed by atoms with Gasteiger partial charge in [0, 0.05) is 5.92 Å². The van der Waals surface area contributed by atoms with Gasteiger partial charge in [0.25, 0.3) is 0 Å². The second-order valence-electron chi connectivity index (χ2n) is 4.11. The smallest absolute Gasteiger partial charge is 0.123 e. The van der Waals surface area contributed by atoms with Crippen molar-refractivity contribution in [3.8, 4) is 0 Å². The van der Waals surface area contributed by atoms with Gasteiger partial charge in [-0.1, -0.05) is 26.7 Å². The molecule has 1 saturated heterocycles. The number of rotatable bonds is 5. The Balaban J connectivity index is 2.40. The Morgan fingerprint density at radius 3 is 2.62 bits per heavy atom. The van der Waals surface area contributed by atoms with E-state index in [0.29, 0.717) is 5.92 Å². The minimum Gasteiger partial charge on any atom is -0.303 e. The predicted octanol–water partition coefficient (Wildman–Crippen LogP) is 3.12. The number of aldehydes is 1. The third-order valence-electron chi connectivity index (χ3n) is 2.94. The van der Waals surface area contributed by atoms with Gasteiger partial charge in [0.15, 0.2) is 0 Å². The van der Waals surface area contributed by atoms with Crippen LogP contribution in [0.4, 0.5) is 0 Å². The molecule has 76 valence electrons. The molecule has 1 heterocycles. The molecule has 0 aromatic carbocycles. The van der Waals surface area contributed by atoms with E-state index in [9.17, 15) is 4.79 Å². The van der Waals surface area contributed by atoms with Crippen molar-refractivity contribution >= 4 is 14.2 Å². The van der Waals surface area contributed by atoms with Gasteiger partial charge in [0.1, 0.15) is 6.29 Å². The molecule has 1 rings (SSSR count). The number of hydrogen-bond acceptors (Lipinski definition) is 1. The summed E-state index contributed by atoms with van der Waals surface area (Å²) < 4.78 is 0. The third kappa shape index (κ3) is 3.06. The Morgan fingerprint density at radius 2 is 2.08 bits per heavy atom. The first-order chi connectivity index (χ1) is 6.31. The van der Waals surface area contributed by atoms with Gasteiger partial charge >= 0.3 is 0 Å². The molecule has 2 heteroatoms. The molecule has 3 atom stereocenters. The van der Waals surface area contributed by atoms with Crippen LogP contribution in [0.5, 0.6) is 0 Å². The molecular weight excluding hydrogens is 179 g/mol. The van der Waals surface area contributed by atoms with Crippen LogP contribution in [0.1, 0.15) is 33.1 Å². The molecule has 1 nitrogen and oxygen atoms in total. The molecule has 0 spiro atoms. The lowest BCUT2D eigenvalue weighted by Gasteiger charge is -2.11. The van der Waals surface area contributed by atoms with Crippen LogP contribution < -0.4 is 0 Å². The van der Waals surface area contributed by atoms with E-state index in [-0.39, 0.29) is 7.92 Å². The van der Waals surface area contributed by atoms with Crippen molar-refractivity contribution in [3.63, 3.8) is 0 Å². The average Bonchev–Trinajstić information content (AvgIpc) is 2.49. The van der Waals surface area contributed by atoms with Gasteiger partial charge in [-0.25, -0.2) is 0 Å². The molecule has 0 aromatic heterocycles. The maximum absolute atomic E-state index is 10.9. The van der Waals surface area contributed by atoms with E-state index in [1.807, 2.05) is 0 Å². The zero-order valence-corrected chi connectivity index (χ0v) is 9.72. The van der Waals surface area contributed by atoms with Crippen molar-refractivity contribution in [2.24, 2.45) is 11.8 Å². The fourth-order valence-electron chi connectivity index (χ4n) is 2.32. The number of carbonyl (C=O) groups is 1. The Bertz CT molecular complexity index is 158. The fourth-order valence-corrected chi connectivity index (χ4v) is 5.56. The van der Waals surface area contributed by atoms with Crippen LogP contribution in [0.25, 0.3) is 0 Å². The molecule has 0 bridgehead atoms. The molecule has 3 unspecified atom stereocenters. The molecule has 0 amide bonds. The quantitative estimate of drug-likeness (QED) is 0.492. The van der Waals surface area contributed by atoms with Crippen molar-refractivity contribution < 1.29 is 4.79 Å². The zero-order valence-electron chi connectivity index (χ0n) is 8.83. The Labute approximate surface area is 83.0 Å². The van der Waals surface area contributed by atoms with Crippen molar-refractivity contribution in [2.75, 3.05) is 18.5 Å². The number of carbonyl (C=O) groups excluding carboxylic acids is 1. The maximum Gasteiger partial charge on any atom is 0.123 e. The summed E-state index contributed by atoms with van der Waals surface area (Å²) in [5.74, 6) is 1.15. The van der Waals surface area contributed by atoms with Crippen LogP contribution in [0.15, 0.2) is 0 Å². The van der Waals surface area contributed by atoms with E-state index in [1.165, 1.54) is 44.0 Å². The highest BCUT2D eigenvalue weighted by atomic mass is 31.1. The van der Waals surface area contributed by atoms with Gasteiger partial charge in [-0.2, -0.15) is 0 Å². The molecule has 0 N–H and O–H groups in total. The molecule has 0 saturated carbocycles. The van der Waals surface area contributed by atoms with Gasteiger partial charge in [0.05, 0.1) is 0 Å². The molecule has 1 fully saturated rings. The first-order valence-corrected chi connectivity index (χ1v) is 7.39. The summed E-state index contributed by atoms with van der Waals surface area (Å²) in [6.07, 6.45) is 9.03. The normalized spacial score (nSPS) is 33.5. The van der Waals surface area contributed by atoms with Crippen molar-refractivity contribution in [1.29, 1.82) is 0 Å². The topological polar surface area (TPSA) is 17.1 Å². The molecule has 13 heavy (non-hydrogen) atoms. The molecule has 1 aliphatic rings. The summed E-state index contributed by atoms with van der Waals surface area (Å²) in [4.78, 5) is 10.9. The van der Waals surface area contributed by atoms with Crippen LogP contribution in [-0.4, -0.2) is 24.8 Å². The zero-order chi connectivity index (χ0) is 9.68. The average molecular weight is 200 g/mol. The van der Waals surface area contributed by atoms with E-state index < -0.39 is 0 Å². The highest BCUT2D eigenvalue weighted by molar-refractivity contribution is 7.58. The molecule has 0 aliphatic carbocycles. The highest BCUT2D eigenvalue weighted by Gasteiger charge is 2.32. The molecule has 0 aromatic rings. The summed E-state index contributed by atoms with van der Waals surface area (Å²) in [6.45, 7) is 4.48. The van der Waals surface area contributed by atoms with Gasteiger partial charge in [-0.3, -0.25) is 0 Å². The van der Waals surface area contributed by atoms with Gasteiger partial charge in [-0.05, 0) is 30.8 Å². The van der Waals surface area contributed by atoms with E-state index >= 15 is 0 Å². The van der Waals surface area contributed by atoms with Crippen molar-refractivity contribution in [3.05, 3.63) is 0 Å². The number of hydrogen-bond donors (Lipinski definition) is 0. The van der Waals surface area contributed by atoms with Crippen LogP contribution in [0.3, 0.4) is 0 Å². The Kier molecular flexibility index (Phi) is 4.94. The maximum atomic E-state index is 10.9. The molecule has 1 aliphatic heterocycles. The first-order valence-electron chi connectivity index (χ1n) is 5.49. The second-order valence-corrected chi connectivity index (χ2v) is 6.63. The van der Waals surface area contributed by atoms with Crippen LogP contribution >= 0.6 is 7.92 Å². The fraction of sp³-hybridized carbons (Fsp3) is 0.909. The largest absolute Gasteiger partial charge is 0.303 e. The lowest BCUT2D eigenvalue weighted by atomic mass is 9.93. The summed E-state index contributed by atoms with van der Waals surface area (Å²) >= 11 is 0. The van der Waals surface area contributed by atoms with Gasteiger partial charge in [0.2, 0.25) is 0 Å². The van der Waals surface area contributed by atoms with Gasteiger partial charge in [-0.15, -0.1) is 7.92 Å². The minimum atomic E-state index is 0.228.